The van der Waals surface area contributed by atoms with E-state index in [1.165, 1.54) is 13.3 Å². The van der Waals surface area contributed by atoms with Gasteiger partial charge in [0.25, 0.3) is 0 Å². The predicted molar refractivity (Wildman–Crippen MR) is 138 cm³/mol. The summed E-state index contributed by atoms with van der Waals surface area (Å²) in [4.78, 5) is 18.7. The molecule has 1 aliphatic heterocycles. The van der Waals surface area contributed by atoms with Crippen LogP contribution in [0.2, 0.25) is 0 Å². The van der Waals surface area contributed by atoms with Crippen molar-refractivity contribution in [2.24, 2.45) is 5.41 Å². The Bertz CT molecular complexity index is 1300. The third kappa shape index (κ3) is 6.33. The van der Waals surface area contributed by atoms with Gasteiger partial charge >= 0.3 is 5.97 Å². The van der Waals surface area contributed by atoms with Crippen LogP contribution in [0.25, 0.3) is 10.9 Å². The number of methoxy groups -OCH3 is 1. The largest absolute Gasteiger partial charge is 0.497 e. The molecule has 6 nitrogen and oxygen atoms in total. The summed E-state index contributed by atoms with van der Waals surface area (Å²) in [5.41, 5.74) is 0.564. The highest BCUT2D eigenvalue weighted by atomic mass is 19.2. The molecular weight excluding hydrogens is 516 g/mol. The van der Waals surface area contributed by atoms with Gasteiger partial charge in [-0.1, -0.05) is 0 Å². The molecule has 1 saturated heterocycles. The second-order valence-corrected chi connectivity index (χ2v) is 10.2. The third-order valence-electron chi connectivity index (χ3n) is 7.82. The van der Waals surface area contributed by atoms with Gasteiger partial charge < -0.3 is 19.8 Å². The van der Waals surface area contributed by atoms with E-state index in [0.717, 1.165) is 12.1 Å². The summed E-state index contributed by atoms with van der Waals surface area (Å²) in [7, 11) is 1.51. The molecule has 1 atom stereocenters. The van der Waals surface area contributed by atoms with E-state index >= 15 is 0 Å². The van der Waals surface area contributed by atoms with Crippen LogP contribution in [0.15, 0.2) is 36.5 Å². The normalized spacial score (nSPS) is 16.4. The Balaban J connectivity index is 1.38. The Morgan fingerprint density at radius 1 is 1.15 bits per heavy atom. The van der Waals surface area contributed by atoms with Crippen LogP contribution in [-0.2, 0) is 17.9 Å². The van der Waals surface area contributed by atoms with E-state index in [0.29, 0.717) is 73.1 Å². The Morgan fingerprint density at radius 3 is 2.46 bits per heavy atom. The van der Waals surface area contributed by atoms with Crippen molar-refractivity contribution in [3.8, 4) is 5.75 Å². The number of ether oxygens (including phenoxy) is 1. The molecule has 0 amide bonds. The average Bonchev–Trinajstić information content (AvgIpc) is 2.94. The lowest BCUT2D eigenvalue weighted by Gasteiger charge is -2.39. The molecule has 2 aromatic carbocycles. The fraction of sp³-hybridized carbons (Fsp3) is 0.448. The van der Waals surface area contributed by atoms with Crippen LogP contribution in [0.5, 0.6) is 5.75 Å². The van der Waals surface area contributed by atoms with Crippen molar-refractivity contribution in [3.05, 3.63) is 70.7 Å². The van der Waals surface area contributed by atoms with Crippen LogP contribution in [0.4, 0.5) is 17.6 Å². The molecule has 39 heavy (non-hydrogen) atoms. The number of piperidine rings is 1. The van der Waals surface area contributed by atoms with Crippen molar-refractivity contribution in [2.75, 3.05) is 26.7 Å². The van der Waals surface area contributed by atoms with Gasteiger partial charge in [0.2, 0.25) is 0 Å². The summed E-state index contributed by atoms with van der Waals surface area (Å²) in [6.07, 6.45) is 2.34. The minimum atomic E-state index is -1.48. The van der Waals surface area contributed by atoms with Crippen molar-refractivity contribution in [1.82, 2.24) is 9.88 Å². The summed E-state index contributed by atoms with van der Waals surface area (Å²) in [5, 5.41) is 21.8. The molecule has 0 radical (unpaired) electrons. The minimum absolute atomic E-state index is 0.136. The number of aromatic nitrogens is 1. The molecule has 1 unspecified atom stereocenters. The van der Waals surface area contributed by atoms with E-state index in [4.69, 9.17) is 4.74 Å². The van der Waals surface area contributed by atoms with Gasteiger partial charge in [0.1, 0.15) is 12.4 Å². The molecule has 10 heteroatoms. The molecule has 1 fully saturated rings. The summed E-state index contributed by atoms with van der Waals surface area (Å²) < 4.78 is 59.2. The Hall–Kier alpha value is -3.24. The van der Waals surface area contributed by atoms with E-state index in [9.17, 15) is 32.6 Å². The molecule has 1 aromatic heterocycles. The molecule has 0 bridgehead atoms. The lowest BCUT2D eigenvalue weighted by Crippen LogP contribution is -2.44. The highest BCUT2D eigenvalue weighted by Crippen LogP contribution is 2.40. The molecule has 2 heterocycles. The van der Waals surface area contributed by atoms with Gasteiger partial charge in [-0.05, 0) is 99.6 Å². The summed E-state index contributed by atoms with van der Waals surface area (Å²) in [6, 6.07) is 7.13. The number of hydrogen-bond donors (Lipinski definition) is 2. The average molecular weight is 549 g/mol. The number of halogens is 4. The molecule has 0 aliphatic carbocycles. The fourth-order valence-electron chi connectivity index (χ4n) is 5.45. The molecule has 1 aliphatic rings. The number of aliphatic carboxylic acids is 1. The minimum Gasteiger partial charge on any atom is -0.497 e. The van der Waals surface area contributed by atoms with Gasteiger partial charge in [-0.3, -0.25) is 9.78 Å². The van der Waals surface area contributed by atoms with Crippen molar-refractivity contribution < 1.29 is 37.3 Å². The number of benzene rings is 2. The molecular formula is C29H32F4N2O4. The molecule has 0 spiro atoms. The highest BCUT2D eigenvalue weighted by molar-refractivity contribution is 5.85. The van der Waals surface area contributed by atoms with Gasteiger partial charge in [0, 0.05) is 17.1 Å². The van der Waals surface area contributed by atoms with Crippen LogP contribution in [0, 0.1) is 22.9 Å². The zero-order valence-electron chi connectivity index (χ0n) is 21.7. The van der Waals surface area contributed by atoms with E-state index in [1.807, 2.05) is 0 Å². The number of likely N-dealkylation sites (tertiary alicyclic amines) is 1. The van der Waals surface area contributed by atoms with Gasteiger partial charge in [-0.2, -0.15) is 0 Å². The van der Waals surface area contributed by atoms with Gasteiger partial charge in [-0.25, -0.2) is 17.6 Å². The molecule has 3 aromatic rings. The monoisotopic (exact) mass is 548 g/mol. The third-order valence-corrected chi connectivity index (χ3v) is 7.82. The predicted octanol–water partition coefficient (Wildman–Crippen LogP) is 5.74. The quantitative estimate of drug-likeness (QED) is 0.235. The van der Waals surface area contributed by atoms with E-state index < -0.39 is 41.6 Å². The maximum atomic E-state index is 13.8. The van der Waals surface area contributed by atoms with E-state index in [-0.39, 0.29) is 18.4 Å². The van der Waals surface area contributed by atoms with Gasteiger partial charge in [0.15, 0.2) is 17.5 Å². The second kappa shape index (κ2) is 12.3. The number of carboxylic acid groups (broad SMARTS) is 1. The lowest BCUT2D eigenvalue weighted by molar-refractivity contribution is -0.153. The number of carboxylic acids is 1. The maximum absolute atomic E-state index is 13.8. The summed E-state index contributed by atoms with van der Waals surface area (Å²) in [5.74, 6) is -4.30. The standard InChI is InChI=1S/C29H32F4N2O4/c1-39-20-4-5-24-21(15-20)26(19(16-30)17-34-24)25(36)6-7-29(28(37)38)8-11-35(12-9-29)10-2-3-18-13-22(31)27(33)23(32)14-18/h4-5,13-15,17,25,36H,2-3,6-12,16H2,1H3,(H,37,38). The summed E-state index contributed by atoms with van der Waals surface area (Å²) >= 11 is 0. The Labute approximate surface area is 224 Å². The smallest absolute Gasteiger partial charge is 0.309 e. The van der Waals surface area contributed by atoms with E-state index in [1.54, 1.807) is 18.2 Å². The van der Waals surface area contributed by atoms with Crippen molar-refractivity contribution >= 4 is 16.9 Å². The first-order valence-corrected chi connectivity index (χ1v) is 13.0. The number of aryl methyl sites for hydroxylation is 1. The first-order valence-electron chi connectivity index (χ1n) is 13.0. The number of rotatable bonds is 11. The fourth-order valence-corrected chi connectivity index (χ4v) is 5.45. The van der Waals surface area contributed by atoms with Crippen molar-refractivity contribution in [1.29, 1.82) is 0 Å². The Morgan fingerprint density at radius 2 is 1.85 bits per heavy atom. The SMILES string of the molecule is COc1ccc2ncc(CF)c(C(O)CCC3(C(=O)O)CCN(CCCc4cc(F)c(F)c(F)c4)CC3)c2c1. The van der Waals surface area contributed by atoms with Crippen LogP contribution < -0.4 is 4.74 Å². The lowest BCUT2D eigenvalue weighted by atomic mass is 9.73. The molecule has 210 valence electrons. The molecule has 0 saturated carbocycles. The van der Waals surface area contributed by atoms with E-state index in [2.05, 4.69) is 9.88 Å². The van der Waals surface area contributed by atoms with Crippen molar-refractivity contribution in [3.63, 3.8) is 0 Å². The number of hydrogen-bond acceptors (Lipinski definition) is 5. The Kier molecular flexibility index (Phi) is 9.07. The maximum Gasteiger partial charge on any atom is 0.309 e. The van der Waals surface area contributed by atoms with Crippen LogP contribution in [0.3, 0.4) is 0 Å². The highest BCUT2D eigenvalue weighted by Gasteiger charge is 2.41. The number of aliphatic hydroxyl groups excluding tert-OH is 1. The number of pyridine rings is 1. The summed E-state index contributed by atoms with van der Waals surface area (Å²) in [6.45, 7) is 0.811. The first kappa shape index (κ1) is 28.8. The zero-order valence-corrected chi connectivity index (χ0v) is 21.7. The molecule has 2 N–H and O–H groups in total. The van der Waals surface area contributed by atoms with Gasteiger partial charge in [-0.15, -0.1) is 0 Å². The van der Waals surface area contributed by atoms with Crippen LogP contribution in [-0.4, -0.2) is 52.8 Å². The molecule has 4 rings (SSSR count). The number of carbonyl (C=O) groups is 1. The van der Waals surface area contributed by atoms with Crippen LogP contribution in [0.1, 0.15) is 54.9 Å². The number of alkyl halides is 1. The zero-order chi connectivity index (χ0) is 28.2. The topological polar surface area (TPSA) is 82.9 Å². The van der Waals surface area contributed by atoms with Crippen LogP contribution >= 0.6 is 0 Å². The van der Waals surface area contributed by atoms with Gasteiger partial charge in [0.05, 0.1) is 24.1 Å². The number of nitrogens with zero attached hydrogens (tertiary/aromatic N) is 2. The first-order chi connectivity index (χ1) is 18.7. The number of fused-ring (bicyclic) bond motifs is 1. The second-order valence-electron chi connectivity index (χ2n) is 10.2. The number of aliphatic hydroxyl groups is 1. The van der Waals surface area contributed by atoms with Crippen molar-refractivity contribution in [2.45, 2.75) is 51.3 Å².